The number of urea groups is 1. The second-order valence-corrected chi connectivity index (χ2v) is 6.35. The Morgan fingerprint density at radius 1 is 1.30 bits per heavy atom. The van der Waals surface area contributed by atoms with Crippen LogP contribution >= 0.6 is 11.3 Å². The normalized spacial score (nSPS) is 15.4. The summed E-state index contributed by atoms with van der Waals surface area (Å²) in [6.07, 6.45) is 2.98. The lowest BCUT2D eigenvalue weighted by atomic mass is 10.0. The van der Waals surface area contributed by atoms with Crippen molar-refractivity contribution in [3.8, 4) is 0 Å². The van der Waals surface area contributed by atoms with E-state index in [1.165, 1.54) is 6.26 Å². The molecule has 1 fully saturated rings. The van der Waals surface area contributed by atoms with E-state index >= 15 is 0 Å². The fraction of sp³-hybridized carbons (Fsp3) is 0.375. The Morgan fingerprint density at radius 3 is 2.70 bits per heavy atom. The fourth-order valence-corrected chi connectivity index (χ4v) is 3.40. The van der Waals surface area contributed by atoms with Crippen LogP contribution in [-0.4, -0.2) is 36.0 Å². The van der Waals surface area contributed by atoms with Crippen LogP contribution in [0.25, 0.3) is 0 Å². The van der Waals surface area contributed by atoms with Crippen molar-refractivity contribution in [3.63, 3.8) is 0 Å². The Kier molecular flexibility index (Phi) is 4.66. The minimum Gasteiger partial charge on any atom is -0.459 e. The first kappa shape index (κ1) is 15.6. The molecule has 122 valence electrons. The second-order valence-electron chi connectivity index (χ2n) is 5.61. The van der Waals surface area contributed by atoms with E-state index in [2.05, 4.69) is 10.6 Å². The van der Waals surface area contributed by atoms with Crippen molar-refractivity contribution < 1.29 is 14.0 Å². The average molecular weight is 333 g/mol. The predicted molar refractivity (Wildman–Crippen MR) is 88.8 cm³/mol. The largest absolute Gasteiger partial charge is 0.459 e. The highest BCUT2D eigenvalue weighted by Crippen LogP contribution is 2.19. The van der Waals surface area contributed by atoms with E-state index in [9.17, 15) is 9.59 Å². The Labute approximate surface area is 138 Å². The van der Waals surface area contributed by atoms with Gasteiger partial charge < -0.3 is 20.0 Å². The van der Waals surface area contributed by atoms with E-state index in [0.717, 1.165) is 24.1 Å². The van der Waals surface area contributed by atoms with Crippen molar-refractivity contribution in [2.24, 2.45) is 0 Å². The molecule has 1 saturated heterocycles. The van der Waals surface area contributed by atoms with E-state index in [1.807, 2.05) is 17.7 Å². The van der Waals surface area contributed by atoms with Crippen molar-refractivity contribution in [3.05, 3.63) is 40.5 Å². The molecule has 7 heteroatoms. The SMILES string of the molecule is Cc1cscc1NC(=O)NC1CCN(C(=O)c2ccco2)CC1. The predicted octanol–water partition coefficient (Wildman–Crippen LogP) is 3.08. The van der Waals surface area contributed by atoms with E-state index in [0.29, 0.717) is 18.8 Å². The van der Waals surface area contributed by atoms with Crippen molar-refractivity contribution in [1.29, 1.82) is 0 Å². The number of rotatable bonds is 3. The number of hydrogen-bond donors (Lipinski definition) is 2. The van der Waals surface area contributed by atoms with Gasteiger partial charge in [0.2, 0.25) is 0 Å². The molecule has 0 aliphatic carbocycles. The van der Waals surface area contributed by atoms with Gasteiger partial charge in [0.05, 0.1) is 12.0 Å². The van der Waals surface area contributed by atoms with E-state index in [4.69, 9.17) is 4.42 Å². The molecule has 0 bridgehead atoms. The number of furan rings is 1. The topological polar surface area (TPSA) is 74.6 Å². The van der Waals surface area contributed by atoms with Crippen LogP contribution in [0.2, 0.25) is 0 Å². The molecule has 23 heavy (non-hydrogen) atoms. The van der Waals surface area contributed by atoms with Gasteiger partial charge in [0.25, 0.3) is 5.91 Å². The first-order valence-corrected chi connectivity index (χ1v) is 8.51. The molecule has 3 heterocycles. The maximum atomic E-state index is 12.2. The zero-order chi connectivity index (χ0) is 16.2. The molecule has 0 atom stereocenters. The highest BCUT2D eigenvalue weighted by molar-refractivity contribution is 7.08. The number of likely N-dealkylation sites (tertiary alicyclic amines) is 1. The maximum Gasteiger partial charge on any atom is 0.319 e. The van der Waals surface area contributed by atoms with Gasteiger partial charge >= 0.3 is 6.03 Å². The molecule has 1 aliphatic heterocycles. The number of nitrogens with one attached hydrogen (secondary N) is 2. The van der Waals surface area contributed by atoms with Crippen LogP contribution in [0, 0.1) is 6.92 Å². The molecule has 2 aromatic rings. The molecular weight excluding hydrogens is 314 g/mol. The summed E-state index contributed by atoms with van der Waals surface area (Å²) in [5.41, 5.74) is 1.90. The van der Waals surface area contributed by atoms with Gasteiger partial charge in [-0.2, -0.15) is 0 Å². The van der Waals surface area contributed by atoms with Crippen molar-refractivity contribution in [2.75, 3.05) is 18.4 Å². The summed E-state index contributed by atoms with van der Waals surface area (Å²) >= 11 is 1.56. The Hall–Kier alpha value is -2.28. The zero-order valence-electron chi connectivity index (χ0n) is 12.9. The zero-order valence-corrected chi connectivity index (χ0v) is 13.7. The Bertz CT molecular complexity index is 673. The second kappa shape index (κ2) is 6.87. The monoisotopic (exact) mass is 333 g/mol. The highest BCUT2D eigenvalue weighted by Gasteiger charge is 2.25. The maximum absolute atomic E-state index is 12.2. The van der Waals surface area contributed by atoms with Gasteiger partial charge in [0.15, 0.2) is 5.76 Å². The molecule has 2 aromatic heterocycles. The summed E-state index contributed by atoms with van der Waals surface area (Å²) in [4.78, 5) is 26.0. The molecule has 0 unspecified atom stereocenters. The van der Waals surface area contributed by atoms with Crippen LogP contribution in [0.15, 0.2) is 33.6 Å². The molecule has 3 rings (SSSR count). The average Bonchev–Trinajstić information content (AvgIpc) is 3.20. The summed E-state index contributed by atoms with van der Waals surface area (Å²) in [7, 11) is 0. The van der Waals surface area contributed by atoms with Crippen LogP contribution in [0.4, 0.5) is 10.5 Å². The van der Waals surface area contributed by atoms with Crippen molar-refractivity contribution >= 4 is 29.0 Å². The lowest BCUT2D eigenvalue weighted by Gasteiger charge is -2.31. The van der Waals surface area contributed by atoms with E-state index in [-0.39, 0.29) is 18.0 Å². The molecular formula is C16H19N3O3S. The summed E-state index contributed by atoms with van der Waals surface area (Å²) in [6, 6.07) is 3.26. The standard InChI is InChI=1S/C16H19N3O3S/c1-11-9-23-10-13(11)18-16(21)17-12-4-6-19(7-5-12)15(20)14-3-2-8-22-14/h2-3,8-10,12H,4-7H2,1H3,(H2,17,18,21). The number of piperidine rings is 1. The highest BCUT2D eigenvalue weighted by atomic mass is 32.1. The minimum atomic E-state index is -0.192. The fourth-order valence-electron chi connectivity index (χ4n) is 2.62. The summed E-state index contributed by atoms with van der Waals surface area (Å²) in [5, 5.41) is 9.74. The molecule has 0 radical (unpaired) electrons. The first-order valence-electron chi connectivity index (χ1n) is 7.56. The van der Waals surface area contributed by atoms with Crippen molar-refractivity contribution in [1.82, 2.24) is 10.2 Å². The van der Waals surface area contributed by atoms with Gasteiger partial charge in [-0.15, -0.1) is 11.3 Å². The summed E-state index contributed by atoms with van der Waals surface area (Å²) in [6.45, 7) is 3.19. The number of hydrogen-bond acceptors (Lipinski definition) is 4. The van der Waals surface area contributed by atoms with Gasteiger partial charge in [-0.1, -0.05) is 0 Å². The molecule has 0 spiro atoms. The number of carbonyl (C=O) groups is 2. The van der Waals surface area contributed by atoms with E-state index < -0.39 is 0 Å². The van der Waals surface area contributed by atoms with E-state index in [1.54, 1.807) is 28.4 Å². The molecule has 6 nitrogen and oxygen atoms in total. The van der Waals surface area contributed by atoms with Crippen LogP contribution in [0.1, 0.15) is 29.0 Å². The summed E-state index contributed by atoms with van der Waals surface area (Å²) < 4.78 is 5.14. The Balaban J connectivity index is 1.46. The molecule has 1 aliphatic rings. The molecule has 0 saturated carbocycles. The van der Waals surface area contributed by atoms with Crippen LogP contribution < -0.4 is 10.6 Å². The third-order valence-electron chi connectivity index (χ3n) is 3.95. The van der Waals surface area contributed by atoms with Gasteiger partial charge in [-0.25, -0.2) is 4.79 Å². The van der Waals surface area contributed by atoms with Gasteiger partial charge in [0.1, 0.15) is 0 Å². The number of thiophene rings is 1. The molecule has 3 amide bonds. The summed E-state index contributed by atoms with van der Waals surface area (Å²) in [5.74, 6) is 0.272. The number of aryl methyl sites for hydroxylation is 1. The lowest BCUT2D eigenvalue weighted by molar-refractivity contribution is 0.0676. The van der Waals surface area contributed by atoms with Gasteiger partial charge in [-0.3, -0.25) is 4.79 Å². The third-order valence-corrected chi connectivity index (χ3v) is 4.81. The van der Waals surface area contributed by atoms with Crippen LogP contribution in [-0.2, 0) is 0 Å². The number of carbonyl (C=O) groups excluding carboxylic acids is 2. The molecule has 0 aromatic carbocycles. The van der Waals surface area contributed by atoms with Crippen LogP contribution in [0.5, 0.6) is 0 Å². The first-order chi connectivity index (χ1) is 11.1. The number of amides is 3. The lowest BCUT2D eigenvalue weighted by Crippen LogP contribution is -2.47. The quantitative estimate of drug-likeness (QED) is 0.906. The van der Waals surface area contributed by atoms with Crippen LogP contribution in [0.3, 0.4) is 0 Å². The van der Waals surface area contributed by atoms with Gasteiger partial charge in [0, 0.05) is 24.5 Å². The number of nitrogens with zero attached hydrogens (tertiary/aromatic N) is 1. The smallest absolute Gasteiger partial charge is 0.319 e. The van der Waals surface area contributed by atoms with Gasteiger partial charge in [-0.05, 0) is 42.8 Å². The Morgan fingerprint density at radius 2 is 2.09 bits per heavy atom. The minimum absolute atomic E-state index is 0.0783. The third kappa shape index (κ3) is 3.73. The number of anilines is 1. The molecule has 2 N–H and O–H groups in total. The van der Waals surface area contributed by atoms with Crippen molar-refractivity contribution in [2.45, 2.75) is 25.8 Å².